The largest absolute Gasteiger partial charge is 0.316 e. The van der Waals surface area contributed by atoms with E-state index < -0.39 is 10.0 Å². The van der Waals surface area contributed by atoms with Crippen LogP contribution in [0.5, 0.6) is 0 Å². The second kappa shape index (κ2) is 4.54. The van der Waals surface area contributed by atoms with Crippen LogP contribution in [0.4, 0.5) is 0 Å². The Morgan fingerprint density at radius 3 is 2.57 bits per heavy atom. The fourth-order valence-corrected chi connectivity index (χ4v) is 6.25. The summed E-state index contributed by atoms with van der Waals surface area (Å²) in [6.45, 7) is 2.35. The first-order valence-corrected chi connectivity index (χ1v) is 9.22. The highest BCUT2D eigenvalue weighted by Crippen LogP contribution is 2.65. The molecule has 3 fully saturated rings. The lowest BCUT2D eigenvalue weighted by molar-refractivity contribution is 0.456. The summed E-state index contributed by atoms with van der Waals surface area (Å²) in [5.41, 5.74) is 1.54. The van der Waals surface area contributed by atoms with Crippen molar-refractivity contribution in [3.05, 3.63) is 11.3 Å². The fourth-order valence-electron chi connectivity index (χ4n) is 4.76. The summed E-state index contributed by atoms with van der Waals surface area (Å²) in [6.07, 6.45) is 3.90. The molecule has 1 aromatic heterocycles. The number of H-pyrrole nitrogens is 1. The Morgan fingerprint density at radius 2 is 1.95 bits per heavy atom. The van der Waals surface area contributed by atoms with Crippen LogP contribution in [0.25, 0.3) is 0 Å². The Kier molecular flexibility index (Phi) is 2.96. The van der Waals surface area contributed by atoms with Crippen LogP contribution >= 0.6 is 0 Å². The highest BCUT2D eigenvalue weighted by molar-refractivity contribution is 7.89. The molecule has 3 saturated carbocycles. The molecule has 0 aliphatic heterocycles. The van der Waals surface area contributed by atoms with Gasteiger partial charge in [0.15, 0.2) is 5.03 Å². The average molecular weight is 310 g/mol. The van der Waals surface area contributed by atoms with E-state index in [0.717, 1.165) is 23.1 Å². The van der Waals surface area contributed by atoms with Crippen LogP contribution in [-0.4, -0.2) is 31.7 Å². The molecule has 21 heavy (non-hydrogen) atoms. The molecular formula is C14H22N4O2S. The summed E-state index contributed by atoms with van der Waals surface area (Å²) in [4.78, 5) is 0. The lowest BCUT2D eigenvalue weighted by Crippen LogP contribution is -2.31. The van der Waals surface area contributed by atoms with Crippen molar-refractivity contribution in [3.8, 4) is 0 Å². The molecule has 0 aromatic carbocycles. The molecule has 1 heterocycles. The van der Waals surface area contributed by atoms with Gasteiger partial charge in [-0.05, 0) is 56.9 Å². The first-order chi connectivity index (χ1) is 10.0. The summed E-state index contributed by atoms with van der Waals surface area (Å²) in [7, 11) is -1.72. The quantitative estimate of drug-likeness (QED) is 0.749. The zero-order valence-electron chi connectivity index (χ0n) is 12.4. The molecule has 4 unspecified atom stereocenters. The van der Waals surface area contributed by atoms with E-state index in [1.807, 2.05) is 6.92 Å². The minimum atomic E-state index is -3.52. The van der Waals surface area contributed by atoms with Crippen molar-refractivity contribution in [1.82, 2.24) is 20.2 Å². The average Bonchev–Trinajstić information content (AvgIpc) is 2.83. The van der Waals surface area contributed by atoms with Gasteiger partial charge in [0.1, 0.15) is 0 Å². The highest BCUT2D eigenvalue weighted by atomic mass is 32.2. The second-order valence-electron chi connectivity index (χ2n) is 6.80. The van der Waals surface area contributed by atoms with Gasteiger partial charge in [-0.15, -0.1) is 0 Å². The number of nitrogens with one attached hydrogen (secondary N) is 3. The van der Waals surface area contributed by atoms with E-state index in [1.165, 1.54) is 19.3 Å². The van der Waals surface area contributed by atoms with Crippen LogP contribution in [0.15, 0.2) is 5.03 Å². The normalized spacial score (nSPS) is 37.0. The van der Waals surface area contributed by atoms with Crippen molar-refractivity contribution >= 4 is 10.0 Å². The topological polar surface area (TPSA) is 86.9 Å². The number of sulfonamides is 1. The van der Waals surface area contributed by atoms with Crippen LogP contribution < -0.4 is 10.0 Å². The third kappa shape index (κ3) is 1.98. The van der Waals surface area contributed by atoms with Gasteiger partial charge in [-0.3, -0.25) is 5.10 Å². The predicted octanol–water partition coefficient (Wildman–Crippen LogP) is 0.760. The van der Waals surface area contributed by atoms with Gasteiger partial charge in [-0.25, -0.2) is 13.1 Å². The standard InChI is InChI=1S/C14H22N4O2S/c1-7-10(6-15-2)14(17-16-7)21(19,20)18-13-11-8-3-4-9(5-8)12(11)13/h8-9,11-13,15,18H,3-6H2,1-2H3,(H,16,17). The van der Waals surface area contributed by atoms with E-state index in [4.69, 9.17) is 0 Å². The maximum absolute atomic E-state index is 12.6. The summed E-state index contributed by atoms with van der Waals surface area (Å²) in [5.74, 6) is 2.69. The molecule has 0 saturated heterocycles. The van der Waals surface area contributed by atoms with Gasteiger partial charge in [0.05, 0.1) is 0 Å². The monoisotopic (exact) mass is 310 g/mol. The molecule has 3 N–H and O–H groups in total. The SMILES string of the molecule is CNCc1c(S(=O)(=O)NC2C3C4CCC(C4)C23)n[nH]c1C. The number of hydrogen-bond donors (Lipinski definition) is 3. The Bertz CT molecular complexity index is 653. The molecule has 3 aliphatic carbocycles. The predicted molar refractivity (Wildman–Crippen MR) is 78.0 cm³/mol. The summed E-state index contributed by atoms with van der Waals surface area (Å²) in [6, 6.07) is 0.153. The van der Waals surface area contributed by atoms with Gasteiger partial charge < -0.3 is 5.32 Å². The molecule has 3 aliphatic rings. The molecule has 0 amide bonds. The van der Waals surface area contributed by atoms with Gasteiger partial charge >= 0.3 is 0 Å². The summed E-state index contributed by atoms with van der Waals surface area (Å²) in [5, 5.41) is 9.98. The lowest BCUT2D eigenvalue weighted by Gasteiger charge is -2.11. The molecule has 2 bridgehead atoms. The minimum Gasteiger partial charge on any atom is -0.316 e. The second-order valence-corrected chi connectivity index (χ2v) is 8.43. The van der Waals surface area contributed by atoms with Crippen LogP contribution in [0.3, 0.4) is 0 Å². The molecular weight excluding hydrogens is 288 g/mol. The smallest absolute Gasteiger partial charge is 0.260 e. The zero-order chi connectivity index (χ0) is 14.8. The molecule has 4 atom stereocenters. The van der Waals surface area contributed by atoms with Crippen molar-refractivity contribution in [2.45, 2.75) is 43.8 Å². The molecule has 0 spiro atoms. The number of aromatic amines is 1. The zero-order valence-corrected chi connectivity index (χ0v) is 13.2. The Labute approximate surface area is 125 Å². The van der Waals surface area contributed by atoms with Crippen LogP contribution in [-0.2, 0) is 16.6 Å². The van der Waals surface area contributed by atoms with E-state index in [0.29, 0.717) is 18.4 Å². The molecule has 4 rings (SSSR count). The number of hydrogen-bond acceptors (Lipinski definition) is 4. The maximum Gasteiger partial charge on any atom is 0.260 e. The Hall–Kier alpha value is -0.920. The first kappa shape index (κ1) is 13.7. The molecule has 7 heteroatoms. The van der Waals surface area contributed by atoms with E-state index in [1.54, 1.807) is 7.05 Å². The van der Waals surface area contributed by atoms with Crippen molar-refractivity contribution in [3.63, 3.8) is 0 Å². The Balaban J connectivity index is 1.55. The number of aromatic nitrogens is 2. The van der Waals surface area contributed by atoms with Crippen molar-refractivity contribution in [1.29, 1.82) is 0 Å². The lowest BCUT2D eigenvalue weighted by atomic mass is 10.0. The molecule has 116 valence electrons. The van der Waals surface area contributed by atoms with Gasteiger partial charge in [-0.2, -0.15) is 5.10 Å². The Morgan fingerprint density at radius 1 is 1.29 bits per heavy atom. The van der Waals surface area contributed by atoms with E-state index in [2.05, 4.69) is 20.2 Å². The maximum atomic E-state index is 12.6. The summed E-state index contributed by atoms with van der Waals surface area (Å²) < 4.78 is 28.2. The van der Waals surface area contributed by atoms with Crippen molar-refractivity contribution in [2.75, 3.05) is 7.05 Å². The molecule has 1 aromatic rings. The van der Waals surface area contributed by atoms with Crippen LogP contribution in [0, 0.1) is 30.6 Å². The third-order valence-corrected chi connectivity index (χ3v) is 7.10. The van der Waals surface area contributed by atoms with Crippen LogP contribution in [0.1, 0.15) is 30.5 Å². The summed E-state index contributed by atoms with van der Waals surface area (Å²) >= 11 is 0. The van der Waals surface area contributed by atoms with E-state index in [-0.39, 0.29) is 11.1 Å². The number of aryl methyl sites for hydroxylation is 1. The molecule has 0 radical (unpaired) electrons. The van der Waals surface area contributed by atoms with Gasteiger partial charge in [0, 0.05) is 23.8 Å². The fraction of sp³-hybridized carbons (Fsp3) is 0.786. The van der Waals surface area contributed by atoms with Crippen molar-refractivity contribution in [2.24, 2.45) is 23.7 Å². The number of nitrogens with zero attached hydrogens (tertiary/aromatic N) is 1. The minimum absolute atomic E-state index is 0.153. The van der Waals surface area contributed by atoms with Gasteiger partial charge in [0.2, 0.25) is 0 Å². The van der Waals surface area contributed by atoms with Crippen LogP contribution in [0.2, 0.25) is 0 Å². The highest BCUT2D eigenvalue weighted by Gasteiger charge is 2.65. The first-order valence-electron chi connectivity index (χ1n) is 7.73. The molecule has 6 nitrogen and oxygen atoms in total. The van der Waals surface area contributed by atoms with E-state index >= 15 is 0 Å². The number of fused-ring (bicyclic) bond motifs is 5. The van der Waals surface area contributed by atoms with Gasteiger partial charge in [-0.1, -0.05) is 0 Å². The number of rotatable bonds is 5. The third-order valence-electron chi connectivity index (χ3n) is 5.67. The van der Waals surface area contributed by atoms with E-state index in [9.17, 15) is 8.42 Å². The van der Waals surface area contributed by atoms with Crippen molar-refractivity contribution < 1.29 is 8.42 Å². The van der Waals surface area contributed by atoms with Gasteiger partial charge in [0.25, 0.3) is 10.0 Å².